The second kappa shape index (κ2) is 11.0. The quantitative estimate of drug-likeness (QED) is 0.591. The first-order valence-corrected chi connectivity index (χ1v) is 11.6. The van der Waals surface area contributed by atoms with Crippen LogP contribution in [0.2, 0.25) is 0 Å². The summed E-state index contributed by atoms with van der Waals surface area (Å²) in [6, 6.07) is 12.8. The molecule has 1 saturated heterocycles. The Labute approximate surface area is 196 Å². The molecular formula is C25H28FN3O3S. The number of para-hydroxylation sites is 2. The van der Waals surface area contributed by atoms with Crippen LogP contribution in [0.5, 0.6) is 5.75 Å². The molecule has 0 saturated carbocycles. The molecule has 0 aliphatic carbocycles. The van der Waals surface area contributed by atoms with Gasteiger partial charge < -0.3 is 14.5 Å². The highest BCUT2D eigenvalue weighted by Crippen LogP contribution is 2.28. The van der Waals surface area contributed by atoms with Crippen molar-refractivity contribution in [2.24, 2.45) is 0 Å². The van der Waals surface area contributed by atoms with Gasteiger partial charge >= 0.3 is 0 Å². The summed E-state index contributed by atoms with van der Waals surface area (Å²) in [6.45, 7) is 11.0. The minimum Gasteiger partial charge on any atom is -0.495 e. The highest BCUT2D eigenvalue weighted by Gasteiger charge is 2.25. The molecule has 3 rings (SSSR count). The van der Waals surface area contributed by atoms with Crippen LogP contribution in [0.1, 0.15) is 15.9 Å². The number of nitrogens with one attached hydrogen (secondary N) is 1. The lowest BCUT2D eigenvalue weighted by Gasteiger charge is -2.36. The van der Waals surface area contributed by atoms with Crippen molar-refractivity contribution in [1.82, 2.24) is 9.62 Å². The highest BCUT2D eigenvalue weighted by molar-refractivity contribution is 7.83. The Morgan fingerprint density at radius 3 is 2.52 bits per heavy atom. The van der Waals surface area contributed by atoms with Gasteiger partial charge in [-0.1, -0.05) is 37.4 Å². The van der Waals surface area contributed by atoms with Crippen LogP contribution in [0.25, 0.3) is 0 Å². The average molecular weight is 470 g/mol. The lowest BCUT2D eigenvalue weighted by molar-refractivity contribution is 0.0745. The SMILES string of the molecule is C=C/C=C(/NS(=O)c1ccc(C)c(C(=O)N2CCN(c3ccccc3OC)CC2)c1)C(=C)F. The van der Waals surface area contributed by atoms with Crippen LogP contribution < -0.4 is 14.4 Å². The number of amides is 1. The summed E-state index contributed by atoms with van der Waals surface area (Å²) in [5, 5.41) is 0. The summed E-state index contributed by atoms with van der Waals surface area (Å²) in [5.41, 5.74) is 2.24. The third-order valence-electron chi connectivity index (χ3n) is 5.43. The zero-order chi connectivity index (χ0) is 24.0. The van der Waals surface area contributed by atoms with E-state index in [0.29, 0.717) is 36.6 Å². The molecule has 6 nitrogen and oxygen atoms in total. The second-order valence-corrected chi connectivity index (χ2v) is 8.73. The molecule has 174 valence electrons. The van der Waals surface area contributed by atoms with E-state index < -0.39 is 16.8 Å². The normalized spacial score (nSPS) is 15.1. The van der Waals surface area contributed by atoms with E-state index in [-0.39, 0.29) is 11.6 Å². The van der Waals surface area contributed by atoms with Crippen LogP contribution in [0.3, 0.4) is 0 Å². The van der Waals surface area contributed by atoms with Gasteiger partial charge in [0.2, 0.25) is 0 Å². The fourth-order valence-corrected chi connectivity index (χ4v) is 4.53. The second-order valence-electron chi connectivity index (χ2n) is 7.52. The largest absolute Gasteiger partial charge is 0.495 e. The van der Waals surface area contributed by atoms with Crippen molar-refractivity contribution in [3.63, 3.8) is 0 Å². The van der Waals surface area contributed by atoms with Gasteiger partial charge in [-0.3, -0.25) is 9.52 Å². The van der Waals surface area contributed by atoms with Gasteiger partial charge in [0, 0.05) is 31.7 Å². The van der Waals surface area contributed by atoms with E-state index in [2.05, 4.69) is 22.8 Å². The van der Waals surface area contributed by atoms with Crippen LogP contribution in [-0.2, 0) is 11.0 Å². The molecule has 1 aliphatic rings. The summed E-state index contributed by atoms with van der Waals surface area (Å²) in [5.74, 6) is -0.0704. The number of benzene rings is 2. The Kier molecular flexibility index (Phi) is 8.06. The van der Waals surface area contributed by atoms with Gasteiger partial charge in [0.05, 0.1) is 23.4 Å². The number of halogens is 1. The van der Waals surface area contributed by atoms with E-state index >= 15 is 0 Å². The monoisotopic (exact) mass is 469 g/mol. The third kappa shape index (κ3) is 5.70. The summed E-state index contributed by atoms with van der Waals surface area (Å²) >= 11 is 0. The number of allylic oxidation sites excluding steroid dienone is 3. The van der Waals surface area contributed by atoms with Crippen molar-refractivity contribution in [2.75, 3.05) is 38.2 Å². The van der Waals surface area contributed by atoms with E-state index in [1.165, 1.54) is 12.2 Å². The number of anilines is 1. The fraction of sp³-hybridized carbons (Fsp3) is 0.240. The molecule has 1 heterocycles. The average Bonchev–Trinajstić information content (AvgIpc) is 2.83. The number of methoxy groups -OCH3 is 1. The molecule has 1 fully saturated rings. The smallest absolute Gasteiger partial charge is 0.254 e. The Bertz CT molecular complexity index is 1110. The van der Waals surface area contributed by atoms with Gasteiger partial charge in [-0.15, -0.1) is 0 Å². The van der Waals surface area contributed by atoms with Crippen LogP contribution in [0, 0.1) is 6.92 Å². The van der Waals surface area contributed by atoms with Crippen LogP contribution >= 0.6 is 0 Å². The van der Waals surface area contributed by atoms with Crippen molar-refractivity contribution in [2.45, 2.75) is 11.8 Å². The van der Waals surface area contributed by atoms with E-state index in [4.69, 9.17) is 4.74 Å². The number of hydrogen-bond donors (Lipinski definition) is 1. The number of piperazine rings is 1. The number of nitrogens with zero attached hydrogens (tertiary/aromatic N) is 2. The number of rotatable bonds is 8. The number of hydrogen-bond acceptors (Lipinski definition) is 4. The zero-order valence-corrected chi connectivity index (χ0v) is 19.7. The first-order valence-electron chi connectivity index (χ1n) is 10.5. The first-order chi connectivity index (χ1) is 15.8. The number of carbonyl (C=O) groups excluding carboxylic acids is 1. The summed E-state index contributed by atoms with van der Waals surface area (Å²) in [4.78, 5) is 17.6. The van der Waals surface area contributed by atoms with Gasteiger partial charge in [0.25, 0.3) is 5.91 Å². The van der Waals surface area contributed by atoms with E-state index in [9.17, 15) is 13.4 Å². The number of ether oxygens (including phenoxy) is 1. The van der Waals surface area contributed by atoms with Crippen LogP contribution in [-0.4, -0.2) is 48.3 Å². The maximum absolute atomic E-state index is 13.6. The lowest BCUT2D eigenvalue weighted by Crippen LogP contribution is -2.49. The molecule has 1 aliphatic heterocycles. The topological polar surface area (TPSA) is 61.9 Å². The van der Waals surface area contributed by atoms with Crippen LogP contribution in [0.4, 0.5) is 10.1 Å². The predicted octanol–water partition coefficient (Wildman–Crippen LogP) is 4.13. The van der Waals surface area contributed by atoms with Crippen molar-refractivity contribution >= 4 is 22.6 Å². The summed E-state index contributed by atoms with van der Waals surface area (Å²) in [7, 11) is -0.124. The highest BCUT2D eigenvalue weighted by atomic mass is 32.2. The van der Waals surface area contributed by atoms with Crippen molar-refractivity contribution in [1.29, 1.82) is 0 Å². The standard InChI is InChI=1S/C25H28FN3O3S/c1-5-8-22(19(3)26)27-33(31)20-12-11-18(2)21(17-20)25(30)29-15-13-28(14-16-29)23-9-6-7-10-24(23)32-4/h5-12,17,27H,1,3,13-16H2,2,4H3/b22-8+. The maximum atomic E-state index is 13.6. The van der Waals surface area contributed by atoms with Crippen molar-refractivity contribution < 1.29 is 18.1 Å². The Balaban J connectivity index is 1.73. The van der Waals surface area contributed by atoms with E-state index in [1.54, 1.807) is 30.2 Å². The van der Waals surface area contributed by atoms with Gasteiger partial charge in [0.15, 0.2) is 0 Å². The molecule has 0 bridgehead atoms. The number of carbonyl (C=O) groups is 1. The predicted molar refractivity (Wildman–Crippen MR) is 130 cm³/mol. The van der Waals surface area contributed by atoms with Gasteiger partial charge in [-0.25, -0.2) is 8.60 Å². The third-order valence-corrected chi connectivity index (χ3v) is 6.51. The molecule has 2 aromatic carbocycles. The zero-order valence-electron chi connectivity index (χ0n) is 18.8. The molecule has 0 aromatic heterocycles. The molecule has 2 aromatic rings. The maximum Gasteiger partial charge on any atom is 0.254 e. The molecule has 1 atom stereocenters. The summed E-state index contributed by atoms with van der Waals surface area (Å²) in [6.07, 6.45) is 2.72. The lowest BCUT2D eigenvalue weighted by atomic mass is 10.1. The molecule has 1 unspecified atom stereocenters. The molecule has 1 amide bonds. The molecule has 0 spiro atoms. The van der Waals surface area contributed by atoms with Crippen molar-refractivity contribution in [3.05, 3.63) is 90.4 Å². The summed E-state index contributed by atoms with van der Waals surface area (Å²) < 4.78 is 34.3. The molecule has 0 radical (unpaired) electrons. The van der Waals surface area contributed by atoms with E-state index in [1.807, 2.05) is 31.2 Å². The molecule has 1 N–H and O–H groups in total. The Morgan fingerprint density at radius 1 is 1.18 bits per heavy atom. The molecule has 33 heavy (non-hydrogen) atoms. The Hall–Kier alpha value is -3.39. The van der Waals surface area contributed by atoms with Gasteiger partial charge in [-0.05, 0) is 42.8 Å². The number of aryl methyl sites for hydroxylation is 1. The molecular weight excluding hydrogens is 441 g/mol. The van der Waals surface area contributed by atoms with Gasteiger partial charge in [-0.2, -0.15) is 0 Å². The minimum atomic E-state index is -1.77. The molecule has 8 heteroatoms. The van der Waals surface area contributed by atoms with Crippen LogP contribution in [0.15, 0.2) is 84.2 Å². The fourth-order valence-electron chi connectivity index (χ4n) is 3.62. The van der Waals surface area contributed by atoms with Gasteiger partial charge in [0.1, 0.15) is 22.6 Å². The minimum absolute atomic E-state index is 0.0238. The van der Waals surface area contributed by atoms with E-state index in [0.717, 1.165) is 17.0 Å². The van der Waals surface area contributed by atoms with Crippen molar-refractivity contribution in [3.8, 4) is 5.75 Å². The first kappa shape index (κ1) is 24.3. The Morgan fingerprint density at radius 2 is 1.88 bits per heavy atom.